The van der Waals surface area contributed by atoms with Gasteiger partial charge in [-0.1, -0.05) is 0 Å². The van der Waals surface area contributed by atoms with Gasteiger partial charge >= 0.3 is 5.97 Å². The summed E-state index contributed by atoms with van der Waals surface area (Å²) in [7, 11) is 1.55. The van der Waals surface area contributed by atoms with Gasteiger partial charge in [-0.15, -0.1) is 0 Å². The number of aromatic nitrogens is 2. The van der Waals surface area contributed by atoms with Crippen LogP contribution in [0.1, 0.15) is 21.7 Å². The first-order valence-electron chi connectivity index (χ1n) is 5.47. The molecule has 0 saturated heterocycles. The summed E-state index contributed by atoms with van der Waals surface area (Å²) in [6.45, 7) is 3.64. The SMILES string of the molecule is COc1ccc(-n2c(C)cc(C(=O)O)c2C)cn1. The molecule has 0 aromatic carbocycles. The van der Waals surface area contributed by atoms with E-state index in [0.717, 1.165) is 11.4 Å². The fourth-order valence-electron chi connectivity index (χ4n) is 2.00. The Hall–Kier alpha value is -2.30. The number of carboxylic acid groups (broad SMARTS) is 1. The average molecular weight is 246 g/mol. The van der Waals surface area contributed by atoms with Crippen LogP contribution in [-0.4, -0.2) is 27.7 Å². The molecule has 0 radical (unpaired) electrons. The summed E-state index contributed by atoms with van der Waals surface area (Å²) in [6.07, 6.45) is 1.66. The second-order valence-corrected chi connectivity index (χ2v) is 3.98. The molecule has 0 aliphatic carbocycles. The lowest BCUT2D eigenvalue weighted by Crippen LogP contribution is -2.03. The van der Waals surface area contributed by atoms with E-state index in [1.807, 2.05) is 17.6 Å². The van der Waals surface area contributed by atoms with E-state index in [0.29, 0.717) is 17.1 Å². The summed E-state index contributed by atoms with van der Waals surface area (Å²) in [5, 5.41) is 9.08. The number of ether oxygens (including phenoxy) is 1. The molecule has 5 nitrogen and oxygen atoms in total. The van der Waals surface area contributed by atoms with Crippen LogP contribution >= 0.6 is 0 Å². The van der Waals surface area contributed by atoms with Gasteiger partial charge in [0.1, 0.15) is 0 Å². The number of carbonyl (C=O) groups is 1. The number of hydrogen-bond acceptors (Lipinski definition) is 3. The Morgan fingerprint density at radius 1 is 1.39 bits per heavy atom. The van der Waals surface area contributed by atoms with E-state index < -0.39 is 5.97 Å². The van der Waals surface area contributed by atoms with Crippen LogP contribution in [-0.2, 0) is 0 Å². The zero-order chi connectivity index (χ0) is 13.3. The van der Waals surface area contributed by atoms with Crippen molar-refractivity contribution < 1.29 is 14.6 Å². The molecule has 0 spiro atoms. The minimum atomic E-state index is -0.921. The molecule has 94 valence electrons. The molecule has 2 aromatic rings. The first-order valence-corrected chi connectivity index (χ1v) is 5.47. The topological polar surface area (TPSA) is 64.3 Å². The van der Waals surface area contributed by atoms with Gasteiger partial charge in [0.2, 0.25) is 5.88 Å². The van der Waals surface area contributed by atoms with Crippen molar-refractivity contribution in [2.45, 2.75) is 13.8 Å². The van der Waals surface area contributed by atoms with E-state index in [1.54, 1.807) is 32.4 Å². The van der Waals surface area contributed by atoms with Crippen molar-refractivity contribution in [3.8, 4) is 11.6 Å². The molecular formula is C13H14N2O3. The summed E-state index contributed by atoms with van der Waals surface area (Å²) in [4.78, 5) is 15.2. The van der Waals surface area contributed by atoms with Crippen molar-refractivity contribution in [3.05, 3.63) is 41.3 Å². The second kappa shape index (κ2) is 4.52. The molecule has 0 aliphatic heterocycles. The van der Waals surface area contributed by atoms with Crippen LogP contribution in [0.3, 0.4) is 0 Å². The van der Waals surface area contributed by atoms with Gasteiger partial charge in [0.15, 0.2) is 0 Å². The molecule has 0 aliphatic rings. The third-order valence-electron chi connectivity index (χ3n) is 2.85. The molecule has 0 unspecified atom stereocenters. The lowest BCUT2D eigenvalue weighted by molar-refractivity contribution is 0.0696. The van der Waals surface area contributed by atoms with Gasteiger partial charge in [-0.25, -0.2) is 9.78 Å². The van der Waals surface area contributed by atoms with Crippen LogP contribution in [0.25, 0.3) is 5.69 Å². The Labute approximate surface area is 105 Å². The van der Waals surface area contributed by atoms with Gasteiger partial charge < -0.3 is 14.4 Å². The number of hydrogen-bond donors (Lipinski definition) is 1. The number of aromatic carboxylic acids is 1. The summed E-state index contributed by atoms with van der Waals surface area (Å²) >= 11 is 0. The van der Waals surface area contributed by atoms with Crippen LogP contribution in [0.4, 0.5) is 0 Å². The maximum atomic E-state index is 11.1. The van der Waals surface area contributed by atoms with Gasteiger partial charge in [-0.2, -0.15) is 0 Å². The molecule has 2 aromatic heterocycles. The Morgan fingerprint density at radius 2 is 2.11 bits per heavy atom. The normalized spacial score (nSPS) is 10.4. The van der Waals surface area contributed by atoms with Gasteiger partial charge in [0.05, 0.1) is 24.6 Å². The van der Waals surface area contributed by atoms with Crippen LogP contribution in [0, 0.1) is 13.8 Å². The number of nitrogens with zero attached hydrogens (tertiary/aromatic N) is 2. The molecule has 0 bridgehead atoms. The van der Waals surface area contributed by atoms with E-state index in [9.17, 15) is 4.79 Å². The molecule has 18 heavy (non-hydrogen) atoms. The van der Waals surface area contributed by atoms with Crippen LogP contribution in [0.2, 0.25) is 0 Å². The van der Waals surface area contributed by atoms with Gasteiger partial charge in [-0.05, 0) is 26.0 Å². The smallest absolute Gasteiger partial charge is 0.337 e. The minimum Gasteiger partial charge on any atom is -0.481 e. The predicted molar refractivity (Wildman–Crippen MR) is 66.5 cm³/mol. The van der Waals surface area contributed by atoms with Gasteiger partial charge in [0.25, 0.3) is 0 Å². The summed E-state index contributed by atoms with van der Waals surface area (Å²) < 4.78 is 6.85. The highest BCUT2D eigenvalue weighted by atomic mass is 16.5. The van der Waals surface area contributed by atoms with Crippen LogP contribution < -0.4 is 4.74 Å². The van der Waals surface area contributed by atoms with E-state index >= 15 is 0 Å². The molecule has 2 heterocycles. The molecule has 2 rings (SSSR count). The monoisotopic (exact) mass is 246 g/mol. The number of carboxylic acids is 1. The standard InChI is InChI=1S/C13H14N2O3/c1-8-6-11(13(16)17)9(2)15(8)10-4-5-12(18-3)14-7-10/h4-7H,1-3H3,(H,16,17). The number of rotatable bonds is 3. The highest BCUT2D eigenvalue weighted by Gasteiger charge is 2.15. The lowest BCUT2D eigenvalue weighted by atomic mass is 10.2. The Morgan fingerprint density at radius 3 is 2.56 bits per heavy atom. The molecule has 0 saturated carbocycles. The molecule has 0 amide bonds. The molecular weight excluding hydrogens is 232 g/mol. The average Bonchev–Trinajstić information content (AvgIpc) is 2.65. The fraction of sp³-hybridized carbons (Fsp3) is 0.231. The summed E-state index contributed by atoms with van der Waals surface area (Å²) in [6, 6.07) is 5.24. The maximum Gasteiger partial charge on any atom is 0.337 e. The van der Waals surface area contributed by atoms with E-state index in [2.05, 4.69) is 4.98 Å². The van der Waals surface area contributed by atoms with Crippen LogP contribution in [0.5, 0.6) is 5.88 Å². The summed E-state index contributed by atoms with van der Waals surface area (Å²) in [5.41, 5.74) is 2.67. The van der Waals surface area contributed by atoms with Crippen molar-refractivity contribution in [2.24, 2.45) is 0 Å². The largest absolute Gasteiger partial charge is 0.481 e. The summed E-state index contributed by atoms with van der Waals surface area (Å²) in [5.74, 6) is -0.393. The second-order valence-electron chi connectivity index (χ2n) is 3.98. The lowest BCUT2D eigenvalue weighted by Gasteiger charge is -2.09. The van der Waals surface area contributed by atoms with E-state index in [4.69, 9.17) is 9.84 Å². The Kier molecular flexibility index (Phi) is 3.06. The predicted octanol–water partition coefficient (Wildman–Crippen LogP) is 2.20. The number of pyridine rings is 1. The Bertz CT molecular complexity index is 585. The Balaban J connectivity index is 2.53. The maximum absolute atomic E-state index is 11.1. The zero-order valence-corrected chi connectivity index (χ0v) is 10.5. The van der Waals surface area contributed by atoms with Gasteiger partial charge in [0, 0.05) is 17.5 Å². The van der Waals surface area contributed by atoms with Crippen molar-refractivity contribution in [2.75, 3.05) is 7.11 Å². The molecule has 0 fully saturated rings. The first-order chi connectivity index (χ1) is 8.54. The molecule has 5 heteroatoms. The van der Waals surface area contributed by atoms with Crippen molar-refractivity contribution in [1.29, 1.82) is 0 Å². The first kappa shape index (κ1) is 12.2. The third kappa shape index (κ3) is 1.95. The minimum absolute atomic E-state index is 0.309. The quantitative estimate of drug-likeness (QED) is 0.901. The number of methoxy groups -OCH3 is 1. The molecule has 1 N–H and O–H groups in total. The van der Waals surface area contributed by atoms with Crippen molar-refractivity contribution >= 4 is 5.97 Å². The fourth-order valence-corrected chi connectivity index (χ4v) is 2.00. The van der Waals surface area contributed by atoms with E-state index in [1.165, 1.54) is 0 Å². The third-order valence-corrected chi connectivity index (χ3v) is 2.85. The highest BCUT2D eigenvalue weighted by Crippen LogP contribution is 2.21. The molecule has 0 atom stereocenters. The highest BCUT2D eigenvalue weighted by molar-refractivity contribution is 5.89. The van der Waals surface area contributed by atoms with Crippen LogP contribution in [0.15, 0.2) is 24.4 Å². The van der Waals surface area contributed by atoms with Crippen molar-refractivity contribution in [3.63, 3.8) is 0 Å². The van der Waals surface area contributed by atoms with E-state index in [-0.39, 0.29) is 0 Å². The number of aryl methyl sites for hydroxylation is 1. The van der Waals surface area contributed by atoms with Crippen molar-refractivity contribution in [1.82, 2.24) is 9.55 Å². The van der Waals surface area contributed by atoms with Gasteiger partial charge in [-0.3, -0.25) is 0 Å². The zero-order valence-electron chi connectivity index (χ0n) is 10.5.